The molecule has 4 nitrogen and oxygen atoms in total. The highest BCUT2D eigenvalue weighted by molar-refractivity contribution is 5.92. The van der Waals surface area contributed by atoms with Crippen molar-refractivity contribution in [1.82, 2.24) is 15.0 Å². The zero-order valence-corrected chi connectivity index (χ0v) is 30.3. The Balaban J connectivity index is 1.10. The number of hydrogen-bond donors (Lipinski definition) is 0. The van der Waals surface area contributed by atoms with Gasteiger partial charge in [-0.2, -0.15) is 0 Å². The second-order valence-corrected chi connectivity index (χ2v) is 14.3. The number of aromatic nitrogens is 3. The predicted octanol–water partition coefficient (Wildman–Crippen LogP) is 12.7. The summed E-state index contributed by atoms with van der Waals surface area (Å²) in [5.74, 6) is 2.42. The molecule has 4 heteroatoms. The van der Waals surface area contributed by atoms with Crippen LogP contribution in [0.1, 0.15) is 22.3 Å². The number of pyridine rings is 1. The van der Waals surface area contributed by atoms with Crippen LogP contribution in [-0.4, -0.2) is 15.0 Å². The van der Waals surface area contributed by atoms with Crippen LogP contribution in [0.5, 0.6) is 11.5 Å². The zero-order valence-electron chi connectivity index (χ0n) is 30.3. The van der Waals surface area contributed by atoms with Crippen LogP contribution in [0, 0.1) is 0 Å². The molecule has 0 atom stereocenters. The minimum Gasteiger partial charge on any atom is -0.455 e. The van der Waals surface area contributed by atoms with Gasteiger partial charge in [-0.25, -0.2) is 9.97 Å². The molecule has 0 N–H and O–H groups in total. The third kappa shape index (κ3) is 4.89. The Kier molecular flexibility index (Phi) is 7.36. The lowest BCUT2D eigenvalue weighted by molar-refractivity contribution is 0.440. The predicted molar refractivity (Wildman–Crippen MR) is 224 cm³/mol. The van der Waals surface area contributed by atoms with Crippen molar-refractivity contribution in [3.05, 3.63) is 223 Å². The monoisotopic (exact) mass is 715 g/mol. The maximum Gasteiger partial charge on any atom is 0.160 e. The molecule has 1 aliphatic carbocycles. The highest BCUT2D eigenvalue weighted by Gasteiger charge is 2.51. The maximum absolute atomic E-state index is 7.27. The van der Waals surface area contributed by atoms with E-state index >= 15 is 0 Å². The molecule has 9 aromatic rings. The summed E-state index contributed by atoms with van der Waals surface area (Å²) < 4.78 is 7.27. The van der Waals surface area contributed by atoms with Crippen LogP contribution in [0.2, 0.25) is 0 Å². The Morgan fingerprint density at radius 2 is 0.768 bits per heavy atom. The summed E-state index contributed by atoms with van der Waals surface area (Å²) in [7, 11) is 0. The summed E-state index contributed by atoms with van der Waals surface area (Å²) in [4.78, 5) is 14.4. The van der Waals surface area contributed by atoms with Crippen LogP contribution in [0.3, 0.4) is 0 Å². The minimum atomic E-state index is -0.586. The number of nitrogens with zero attached hydrogens (tertiary/aromatic N) is 3. The van der Waals surface area contributed by atoms with Gasteiger partial charge in [0, 0.05) is 51.3 Å². The summed E-state index contributed by atoms with van der Waals surface area (Å²) in [6.07, 6.45) is 3.69. The molecule has 7 aromatic carbocycles. The van der Waals surface area contributed by atoms with Gasteiger partial charge >= 0.3 is 0 Å². The molecule has 0 unspecified atom stereocenters. The Morgan fingerprint density at radius 3 is 1.34 bits per heavy atom. The smallest absolute Gasteiger partial charge is 0.160 e. The minimum absolute atomic E-state index is 0.586. The van der Waals surface area contributed by atoms with Crippen LogP contribution >= 0.6 is 0 Å². The Morgan fingerprint density at radius 1 is 0.339 bits per heavy atom. The van der Waals surface area contributed by atoms with Crippen molar-refractivity contribution >= 4 is 0 Å². The molecule has 2 aromatic heterocycles. The third-order valence-corrected chi connectivity index (χ3v) is 11.3. The summed E-state index contributed by atoms with van der Waals surface area (Å²) >= 11 is 0. The third-order valence-electron chi connectivity index (χ3n) is 11.3. The summed E-state index contributed by atoms with van der Waals surface area (Å²) in [6.45, 7) is 0. The van der Waals surface area contributed by atoms with Gasteiger partial charge in [0.2, 0.25) is 0 Å². The highest BCUT2D eigenvalue weighted by Crippen LogP contribution is 2.64. The van der Waals surface area contributed by atoms with Gasteiger partial charge in [-0.15, -0.1) is 0 Å². The lowest BCUT2D eigenvalue weighted by Crippen LogP contribution is -2.32. The van der Waals surface area contributed by atoms with E-state index in [1.165, 1.54) is 22.3 Å². The quantitative estimate of drug-likeness (QED) is 0.178. The van der Waals surface area contributed by atoms with E-state index in [1.54, 1.807) is 0 Å². The number of fused-ring (bicyclic) bond motifs is 9. The molecular formula is C52H33N3O. The topological polar surface area (TPSA) is 47.9 Å². The van der Waals surface area contributed by atoms with Gasteiger partial charge in [-0.05, 0) is 51.6 Å². The average Bonchev–Trinajstić information content (AvgIpc) is 3.57. The van der Waals surface area contributed by atoms with E-state index in [1.807, 2.05) is 48.8 Å². The van der Waals surface area contributed by atoms with E-state index in [-0.39, 0.29) is 0 Å². The number of ether oxygens (including phenoxy) is 1. The summed E-state index contributed by atoms with van der Waals surface area (Å²) in [6, 6.07) is 66.3. The molecule has 0 saturated heterocycles. The fourth-order valence-corrected chi connectivity index (χ4v) is 8.82. The normalized spacial score (nSPS) is 12.9. The molecule has 56 heavy (non-hydrogen) atoms. The Labute approximate surface area is 325 Å². The first-order valence-corrected chi connectivity index (χ1v) is 18.9. The van der Waals surface area contributed by atoms with E-state index in [9.17, 15) is 0 Å². The number of benzene rings is 7. The Hall–Kier alpha value is -7.43. The second-order valence-electron chi connectivity index (χ2n) is 14.3. The molecule has 2 aliphatic rings. The van der Waals surface area contributed by atoms with E-state index in [4.69, 9.17) is 14.7 Å². The van der Waals surface area contributed by atoms with E-state index in [0.29, 0.717) is 5.82 Å². The molecular weight excluding hydrogens is 683 g/mol. The van der Waals surface area contributed by atoms with Crippen LogP contribution in [0.4, 0.5) is 0 Å². The number of rotatable bonds is 5. The van der Waals surface area contributed by atoms with Crippen LogP contribution in [-0.2, 0) is 5.41 Å². The summed E-state index contributed by atoms with van der Waals surface area (Å²) in [5, 5.41) is 0. The standard InChI is InChI=1S/C52H33N3O/c1-3-13-36(14-4-1)47-33-48(55-51(54-47)38-15-5-2-6-16-38)37-27-25-34(26-28-37)39-19-11-23-45-49(39)56-50-40(35-29-31-53-32-30-35)20-12-24-46(50)52(45)43-21-9-7-17-41(43)42-18-8-10-22-44(42)52/h1-33H. The molecule has 11 rings (SSSR count). The van der Waals surface area contributed by atoms with Crippen molar-refractivity contribution in [2.24, 2.45) is 0 Å². The molecule has 1 aliphatic heterocycles. The van der Waals surface area contributed by atoms with Crippen molar-refractivity contribution in [3.8, 4) is 78.8 Å². The van der Waals surface area contributed by atoms with Crippen LogP contribution in [0.15, 0.2) is 200 Å². The van der Waals surface area contributed by atoms with E-state index in [0.717, 1.165) is 73.0 Å². The highest BCUT2D eigenvalue weighted by atomic mass is 16.5. The second kappa shape index (κ2) is 12.9. The fraction of sp³-hybridized carbons (Fsp3) is 0.0192. The van der Waals surface area contributed by atoms with Crippen LogP contribution < -0.4 is 4.74 Å². The van der Waals surface area contributed by atoms with E-state index < -0.39 is 5.41 Å². The van der Waals surface area contributed by atoms with Gasteiger partial charge in [0.05, 0.1) is 16.8 Å². The SMILES string of the molecule is c1ccc(-c2cc(-c3ccc(-c4cccc5c4Oc4c(-c6ccncc6)cccc4C54c5ccccc5-c5ccccc54)cc3)nc(-c3ccccc3)n2)cc1. The van der Waals surface area contributed by atoms with Gasteiger partial charge < -0.3 is 4.74 Å². The number of hydrogen-bond acceptors (Lipinski definition) is 4. The van der Waals surface area contributed by atoms with Crippen molar-refractivity contribution in [3.63, 3.8) is 0 Å². The first kappa shape index (κ1) is 32.0. The molecule has 0 bridgehead atoms. The van der Waals surface area contributed by atoms with Crippen LogP contribution in [0.25, 0.3) is 67.3 Å². The molecule has 0 amide bonds. The maximum atomic E-state index is 7.27. The molecule has 1 spiro atoms. The van der Waals surface area contributed by atoms with Gasteiger partial charge in [0.15, 0.2) is 5.82 Å². The molecule has 0 saturated carbocycles. The molecule has 0 radical (unpaired) electrons. The largest absolute Gasteiger partial charge is 0.455 e. The number of para-hydroxylation sites is 2. The van der Waals surface area contributed by atoms with Crippen molar-refractivity contribution in [2.75, 3.05) is 0 Å². The fourth-order valence-electron chi connectivity index (χ4n) is 8.82. The lowest BCUT2D eigenvalue weighted by Gasteiger charge is -2.40. The zero-order chi connectivity index (χ0) is 37.1. The summed E-state index contributed by atoms with van der Waals surface area (Å²) in [5.41, 5.74) is 15.7. The van der Waals surface area contributed by atoms with Gasteiger partial charge in [0.1, 0.15) is 11.5 Å². The Bertz CT molecular complexity index is 2820. The molecule has 262 valence electrons. The van der Waals surface area contributed by atoms with Gasteiger partial charge in [0.25, 0.3) is 0 Å². The first-order chi connectivity index (χ1) is 27.8. The van der Waals surface area contributed by atoms with Crippen molar-refractivity contribution in [1.29, 1.82) is 0 Å². The van der Waals surface area contributed by atoms with Crippen molar-refractivity contribution < 1.29 is 4.74 Å². The lowest BCUT2D eigenvalue weighted by atomic mass is 9.65. The van der Waals surface area contributed by atoms with Gasteiger partial charge in [-0.3, -0.25) is 4.98 Å². The van der Waals surface area contributed by atoms with Crippen molar-refractivity contribution in [2.45, 2.75) is 5.41 Å². The van der Waals surface area contributed by atoms with Gasteiger partial charge in [-0.1, -0.05) is 170 Å². The first-order valence-electron chi connectivity index (χ1n) is 18.9. The molecule has 3 heterocycles. The molecule has 0 fully saturated rings. The average molecular weight is 716 g/mol. The van der Waals surface area contributed by atoms with E-state index in [2.05, 4.69) is 157 Å².